The summed E-state index contributed by atoms with van der Waals surface area (Å²) in [6, 6.07) is 19.2. The Morgan fingerprint density at radius 1 is 1.00 bits per heavy atom. The van der Waals surface area contributed by atoms with Crippen LogP contribution in [0, 0.1) is 6.92 Å². The fourth-order valence-corrected chi connectivity index (χ4v) is 5.41. The highest BCUT2D eigenvalue weighted by Crippen LogP contribution is 2.40. The molecule has 4 aromatic rings. The second-order valence-electron chi connectivity index (χ2n) is 8.04. The van der Waals surface area contributed by atoms with E-state index in [0.29, 0.717) is 0 Å². The average molecular weight is 434 g/mol. The van der Waals surface area contributed by atoms with E-state index in [-0.39, 0.29) is 11.9 Å². The lowest BCUT2D eigenvalue weighted by Gasteiger charge is -2.40. The van der Waals surface area contributed by atoms with Gasteiger partial charge in [0.1, 0.15) is 0 Å². The number of anilines is 1. The summed E-state index contributed by atoms with van der Waals surface area (Å²) in [4.78, 5) is 11.1. The molecule has 31 heavy (non-hydrogen) atoms. The maximum atomic E-state index is 11.1. The van der Waals surface area contributed by atoms with Crippen molar-refractivity contribution in [2.24, 2.45) is 0 Å². The van der Waals surface area contributed by atoms with Gasteiger partial charge in [0.2, 0.25) is 10.8 Å². The number of hydrogen-bond acceptors (Lipinski definition) is 6. The molecule has 0 amide bonds. The summed E-state index contributed by atoms with van der Waals surface area (Å²) in [5, 5.41) is 15.6. The predicted molar refractivity (Wildman–Crippen MR) is 125 cm³/mol. The molecule has 5 rings (SSSR count). The van der Waals surface area contributed by atoms with Gasteiger partial charge in [0.25, 0.3) is 0 Å². The number of aromatic hydroxyl groups is 1. The van der Waals surface area contributed by atoms with Crippen LogP contribution < -0.4 is 4.90 Å². The van der Waals surface area contributed by atoms with Crippen molar-refractivity contribution in [1.29, 1.82) is 0 Å². The summed E-state index contributed by atoms with van der Waals surface area (Å²) in [5.41, 5.74) is 3.69. The van der Waals surface area contributed by atoms with Crippen molar-refractivity contribution in [3.63, 3.8) is 0 Å². The number of aromatic nitrogens is 3. The minimum Gasteiger partial charge on any atom is -0.492 e. The van der Waals surface area contributed by atoms with Crippen LogP contribution >= 0.6 is 11.3 Å². The van der Waals surface area contributed by atoms with Gasteiger partial charge in [0, 0.05) is 38.3 Å². The van der Waals surface area contributed by atoms with Crippen molar-refractivity contribution in [2.45, 2.75) is 26.3 Å². The second-order valence-corrected chi connectivity index (χ2v) is 9.05. The standard InChI is InChI=1S/C24H27N5OS/c1-3-20-25-24-29(26-20)23(30)22(31-24)21(18-11-9-17(2)10-12-18)28-15-13-27(14-16-28)19-7-5-4-6-8-19/h4-12,21,30H,3,13-16H2,1-2H3/t21-/m1/s1. The van der Waals surface area contributed by atoms with E-state index in [0.717, 1.165) is 48.3 Å². The van der Waals surface area contributed by atoms with E-state index in [4.69, 9.17) is 0 Å². The summed E-state index contributed by atoms with van der Waals surface area (Å²) in [7, 11) is 0. The van der Waals surface area contributed by atoms with Gasteiger partial charge in [-0.25, -0.2) is 4.98 Å². The molecule has 1 atom stereocenters. The zero-order valence-electron chi connectivity index (χ0n) is 17.9. The molecule has 1 N–H and O–H groups in total. The highest BCUT2D eigenvalue weighted by Gasteiger charge is 2.31. The van der Waals surface area contributed by atoms with Crippen LogP contribution in [-0.4, -0.2) is 50.8 Å². The number of rotatable bonds is 5. The highest BCUT2D eigenvalue weighted by atomic mass is 32.1. The third kappa shape index (κ3) is 3.79. The fourth-order valence-electron chi connectivity index (χ4n) is 4.27. The third-order valence-corrected chi connectivity index (χ3v) is 7.07. The molecule has 3 heterocycles. The molecule has 7 heteroatoms. The molecule has 1 aliphatic rings. The molecule has 0 unspecified atom stereocenters. The number of piperazine rings is 1. The summed E-state index contributed by atoms with van der Waals surface area (Å²) < 4.78 is 1.60. The molecule has 160 valence electrons. The zero-order valence-corrected chi connectivity index (χ0v) is 18.7. The Kier molecular flexibility index (Phi) is 5.38. The lowest BCUT2D eigenvalue weighted by molar-refractivity contribution is 0.211. The molecule has 1 saturated heterocycles. The van der Waals surface area contributed by atoms with Gasteiger partial charge in [0.05, 0.1) is 10.9 Å². The Balaban J connectivity index is 1.48. The topological polar surface area (TPSA) is 56.9 Å². The lowest BCUT2D eigenvalue weighted by Crippen LogP contribution is -2.47. The summed E-state index contributed by atoms with van der Waals surface area (Å²) in [6.07, 6.45) is 0.756. The molecule has 2 aromatic heterocycles. The van der Waals surface area contributed by atoms with E-state index in [1.165, 1.54) is 16.8 Å². The normalized spacial score (nSPS) is 16.1. The first kappa shape index (κ1) is 20.0. The maximum Gasteiger partial charge on any atom is 0.230 e. The van der Waals surface area contributed by atoms with Crippen molar-refractivity contribution >= 4 is 22.0 Å². The third-order valence-electron chi connectivity index (χ3n) is 6.00. The Labute approximate surface area is 186 Å². The number of benzene rings is 2. The van der Waals surface area contributed by atoms with Crippen LogP contribution in [0.15, 0.2) is 54.6 Å². The molecule has 6 nitrogen and oxygen atoms in total. The van der Waals surface area contributed by atoms with Crippen LogP contribution in [0.4, 0.5) is 5.69 Å². The molecule has 1 aliphatic heterocycles. The molecule has 0 radical (unpaired) electrons. The van der Waals surface area contributed by atoms with Gasteiger partial charge in [-0.2, -0.15) is 4.52 Å². The monoisotopic (exact) mass is 433 g/mol. The van der Waals surface area contributed by atoms with Crippen molar-refractivity contribution in [2.75, 3.05) is 31.1 Å². The van der Waals surface area contributed by atoms with E-state index in [2.05, 4.69) is 81.4 Å². The minimum atomic E-state index is -0.0166. The van der Waals surface area contributed by atoms with Crippen molar-refractivity contribution in [1.82, 2.24) is 19.5 Å². The number of nitrogens with zero attached hydrogens (tertiary/aromatic N) is 5. The SMILES string of the molecule is CCc1nc2sc([C@@H](c3ccc(C)cc3)N3CCN(c4ccccc4)CC3)c(O)n2n1. The largest absolute Gasteiger partial charge is 0.492 e. The predicted octanol–water partition coefficient (Wildman–Crippen LogP) is 4.28. The van der Waals surface area contributed by atoms with Gasteiger partial charge >= 0.3 is 0 Å². The first-order valence-electron chi connectivity index (χ1n) is 10.8. The second kappa shape index (κ2) is 8.32. The highest BCUT2D eigenvalue weighted by molar-refractivity contribution is 7.17. The van der Waals surface area contributed by atoms with Gasteiger partial charge < -0.3 is 10.0 Å². The summed E-state index contributed by atoms with van der Waals surface area (Å²) >= 11 is 1.54. The molecule has 1 fully saturated rings. The number of hydrogen-bond donors (Lipinski definition) is 1. The van der Waals surface area contributed by atoms with Gasteiger partial charge in [-0.15, -0.1) is 5.10 Å². The number of thiazole rings is 1. The van der Waals surface area contributed by atoms with Crippen molar-refractivity contribution in [3.8, 4) is 5.88 Å². The molecule has 0 saturated carbocycles. The van der Waals surface area contributed by atoms with Crippen LogP contribution in [0.5, 0.6) is 5.88 Å². The van der Waals surface area contributed by atoms with Crippen LogP contribution in [0.1, 0.15) is 34.8 Å². The van der Waals surface area contributed by atoms with E-state index in [9.17, 15) is 5.11 Å². The van der Waals surface area contributed by atoms with Crippen molar-refractivity contribution < 1.29 is 5.11 Å². The molecule has 0 bridgehead atoms. The van der Waals surface area contributed by atoms with E-state index < -0.39 is 0 Å². The van der Waals surface area contributed by atoms with Gasteiger partial charge in [-0.1, -0.05) is 66.3 Å². The summed E-state index contributed by atoms with van der Waals surface area (Å²) in [5.74, 6) is 0.972. The Hall–Kier alpha value is -2.90. The Morgan fingerprint density at radius 2 is 1.71 bits per heavy atom. The molecular weight excluding hydrogens is 406 g/mol. The minimum absolute atomic E-state index is 0.0166. The Morgan fingerprint density at radius 3 is 2.35 bits per heavy atom. The van der Waals surface area contributed by atoms with Gasteiger partial charge in [-0.05, 0) is 24.6 Å². The smallest absolute Gasteiger partial charge is 0.230 e. The van der Waals surface area contributed by atoms with E-state index in [1.54, 1.807) is 15.9 Å². The zero-order chi connectivity index (χ0) is 21.4. The van der Waals surface area contributed by atoms with E-state index >= 15 is 0 Å². The quantitative estimate of drug-likeness (QED) is 0.509. The van der Waals surface area contributed by atoms with Crippen molar-refractivity contribution in [3.05, 3.63) is 76.4 Å². The fraction of sp³-hybridized carbons (Fsp3) is 0.333. The lowest BCUT2D eigenvalue weighted by atomic mass is 10.0. The molecular formula is C24H27N5OS. The molecule has 2 aromatic carbocycles. The van der Waals surface area contributed by atoms with Crippen LogP contribution in [0.25, 0.3) is 4.96 Å². The first-order chi connectivity index (χ1) is 15.1. The van der Waals surface area contributed by atoms with Gasteiger partial charge in [-0.3, -0.25) is 4.90 Å². The first-order valence-corrected chi connectivity index (χ1v) is 11.6. The van der Waals surface area contributed by atoms with Crippen LogP contribution in [0.2, 0.25) is 0 Å². The van der Waals surface area contributed by atoms with Gasteiger partial charge in [0.15, 0.2) is 5.82 Å². The number of fused-ring (bicyclic) bond motifs is 1. The summed E-state index contributed by atoms with van der Waals surface area (Å²) in [6.45, 7) is 7.87. The Bertz CT molecular complexity index is 1160. The number of aryl methyl sites for hydroxylation is 2. The van der Waals surface area contributed by atoms with Crippen LogP contribution in [-0.2, 0) is 6.42 Å². The maximum absolute atomic E-state index is 11.1. The molecule has 0 aliphatic carbocycles. The number of para-hydroxylation sites is 1. The average Bonchev–Trinajstić information content (AvgIpc) is 3.35. The molecule has 0 spiro atoms. The van der Waals surface area contributed by atoms with Crippen LogP contribution in [0.3, 0.4) is 0 Å². The van der Waals surface area contributed by atoms with E-state index in [1.807, 2.05) is 6.92 Å².